The summed E-state index contributed by atoms with van der Waals surface area (Å²) in [4.78, 5) is 4.39. The van der Waals surface area contributed by atoms with Gasteiger partial charge in [0.1, 0.15) is 16.4 Å². The van der Waals surface area contributed by atoms with Gasteiger partial charge in [-0.25, -0.2) is 8.42 Å². The highest BCUT2D eigenvalue weighted by Gasteiger charge is 2.30. The normalized spacial score (nSPS) is 15.9. The van der Waals surface area contributed by atoms with Gasteiger partial charge in [-0.2, -0.15) is 13.2 Å². The van der Waals surface area contributed by atoms with Crippen LogP contribution in [-0.4, -0.2) is 48.2 Å². The Morgan fingerprint density at radius 3 is 2.62 bits per heavy atom. The maximum atomic E-state index is 13.4. The van der Waals surface area contributed by atoms with Crippen LogP contribution in [0.4, 0.5) is 24.5 Å². The number of nitrogens with zero attached hydrogens (tertiary/aromatic N) is 2. The van der Waals surface area contributed by atoms with E-state index >= 15 is 0 Å². The molecule has 1 fully saturated rings. The molecule has 0 saturated carbocycles. The Hall–Kier alpha value is -3.71. The molecular formula is C27H25F3N4O2S. The van der Waals surface area contributed by atoms with Crippen molar-refractivity contribution in [2.24, 2.45) is 0 Å². The van der Waals surface area contributed by atoms with Crippen LogP contribution in [-0.2, 0) is 16.4 Å². The number of anilines is 2. The summed E-state index contributed by atoms with van der Waals surface area (Å²) in [5.74, 6) is 6.04. The molecule has 2 aromatic heterocycles. The molecule has 1 aliphatic rings. The fourth-order valence-corrected chi connectivity index (χ4v) is 6.06. The van der Waals surface area contributed by atoms with E-state index in [0.717, 1.165) is 16.6 Å². The number of benzene rings is 2. The smallest absolute Gasteiger partial charge is 0.382 e. The van der Waals surface area contributed by atoms with Gasteiger partial charge < -0.3 is 15.2 Å². The average Bonchev–Trinajstić information content (AvgIpc) is 3.20. The molecule has 1 saturated heterocycles. The van der Waals surface area contributed by atoms with Crippen molar-refractivity contribution < 1.29 is 21.6 Å². The summed E-state index contributed by atoms with van der Waals surface area (Å²) < 4.78 is 65.0. The standard InChI is InChI=1S/C27H25F3N4O2S/c28-27(29,30)18-34-22(6-4-12-31-21-15-19-5-1-2-7-24(19)32-17-21)16-23-25(8-3-9-26(23)34)33-20-10-13-37(35,36)14-11-20/h1-3,5,7-9,15-17,20,31,33H,10-14,18H2. The summed E-state index contributed by atoms with van der Waals surface area (Å²) in [6.07, 6.45) is -1.80. The zero-order chi connectivity index (χ0) is 26.0. The van der Waals surface area contributed by atoms with Gasteiger partial charge >= 0.3 is 6.18 Å². The Balaban J connectivity index is 1.39. The lowest BCUT2D eigenvalue weighted by Gasteiger charge is -2.24. The second-order valence-corrected chi connectivity index (χ2v) is 11.4. The Morgan fingerprint density at radius 2 is 1.84 bits per heavy atom. The Labute approximate surface area is 212 Å². The number of hydrogen-bond donors (Lipinski definition) is 2. The molecule has 2 N–H and O–H groups in total. The van der Waals surface area contributed by atoms with Gasteiger partial charge in [0, 0.05) is 22.5 Å². The summed E-state index contributed by atoms with van der Waals surface area (Å²) in [7, 11) is -3.01. The molecule has 0 bridgehead atoms. The highest BCUT2D eigenvalue weighted by molar-refractivity contribution is 7.91. The van der Waals surface area contributed by atoms with Gasteiger partial charge in [0.05, 0.1) is 46.7 Å². The van der Waals surface area contributed by atoms with E-state index in [9.17, 15) is 21.6 Å². The van der Waals surface area contributed by atoms with E-state index in [-0.39, 0.29) is 29.8 Å². The molecule has 10 heteroatoms. The molecule has 0 spiro atoms. The molecule has 192 valence electrons. The van der Waals surface area contributed by atoms with Crippen LogP contribution < -0.4 is 10.6 Å². The van der Waals surface area contributed by atoms with E-state index in [4.69, 9.17) is 0 Å². The van der Waals surface area contributed by atoms with Crippen molar-refractivity contribution in [1.29, 1.82) is 0 Å². The second kappa shape index (κ2) is 9.98. The molecule has 0 radical (unpaired) electrons. The van der Waals surface area contributed by atoms with Crippen LogP contribution in [0.3, 0.4) is 0 Å². The number of pyridine rings is 1. The van der Waals surface area contributed by atoms with E-state index in [2.05, 4.69) is 27.5 Å². The Bertz CT molecular complexity index is 1600. The summed E-state index contributed by atoms with van der Waals surface area (Å²) in [5, 5.41) is 8.09. The predicted octanol–water partition coefficient (Wildman–Crippen LogP) is 5.20. The van der Waals surface area contributed by atoms with Crippen molar-refractivity contribution >= 4 is 43.0 Å². The first-order valence-electron chi connectivity index (χ1n) is 11.9. The van der Waals surface area contributed by atoms with Gasteiger partial charge in [-0.15, -0.1) is 0 Å². The fourth-order valence-electron chi connectivity index (χ4n) is 4.57. The molecule has 1 aliphatic heterocycles. The molecule has 0 amide bonds. The number of alkyl halides is 3. The van der Waals surface area contributed by atoms with Crippen molar-refractivity contribution in [2.45, 2.75) is 31.6 Å². The quantitative estimate of drug-likeness (QED) is 0.350. The minimum Gasteiger partial charge on any atom is -0.382 e. The SMILES string of the molecule is O=S1(=O)CCC(Nc2cccc3c2cc(C#CCNc2cnc4ccccc4c2)n3CC(F)(F)F)CC1. The van der Waals surface area contributed by atoms with Crippen molar-refractivity contribution in [3.63, 3.8) is 0 Å². The van der Waals surface area contributed by atoms with Crippen LogP contribution in [0, 0.1) is 11.8 Å². The Morgan fingerprint density at radius 1 is 1.05 bits per heavy atom. The number of rotatable bonds is 5. The third-order valence-electron chi connectivity index (χ3n) is 6.39. The van der Waals surface area contributed by atoms with E-state index in [1.54, 1.807) is 30.5 Å². The Kier molecular flexibility index (Phi) is 6.73. The van der Waals surface area contributed by atoms with Crippen molar-refractivity contribution in [1.82, 2.24) is 9.55 Å². The second-order valence-electron chi connectivity index (χ2n) is 9.11. The number of para-hydroxylation sites is 1. The molecule has 0 aliphatic carbocycles. The van der Waals surface area contributed by atoms with Crippen LogP contribution in [0.2, 0.25) is 0 Å². The van der Waals surface area contributed by atoms with Gasteiger partial charge in [0.15, 0.2) is 0 Å². The number of hydrogen-bond acceptors (Lipinski definition) is 5. The summed E-state index contributed by atoms with van der Waals surface area (Å²) in [5.41, 5.74) is 2.99. The van der Waals surface area contributed by atoms with Crippen LogP contribution in [0.15, 0.2) is 60.8 Å². The maximum absolute atomic E-state index is 13.4. The minimum atomic E-state index is -4.42. The highest BCUT2D eigenvalue weighted by atomic mass is 32.2. The van der Waals surface area contributed by atoms with Gasteiger partial charge in [-0.05, 0) is 49.1 Å². The number of nitrogens with one attached hydrogen (secondary N) is 2. The minimum absolute atomic E-state index is 0.0608. The first kappa shape index (κ1) is 25.0. The summed E-state index contributed by atoms with van der Waals surface area (Å²) in [6, 6.07) is 16.4. The monoisotopic (exact) mass is 526 g/mol. The molecule has 3 heterocycles. The molecule has 5 rings (SSSR count). The maximum Gasteiger partial charge on any atom is 0.406 e. The molecule has 2 aromatic carbocycles. The van der Waals surface area contributed by atoms with Crippen molar-refractivity contribution in [3.8, 4) is 11.8 Å². The van der Waals surface area contributed by atoms with Crippen LogP contribution in [0.1, 0.15) is 18.5 Å². The van der Waals surface area contributed by atoms with Crippen LogP contribution in [0.5, 0.6) is 0 Å². The van der Waals surface area contributed by atoms with E-state index < -0.39 is 22.6 Å². The lowest BCUT2D eigenvalue weighted by Crippen LogP contribution is -2.32. The van der Waals surface area contributed by atoms with E-state index in [1.165, 1.54) is 4.57 Å². The summed E-state index contributed by atoms with van der Waals surface area (Å²) >= 11 is 0. The predicted molar refractivity (Wildman–Crippen MR) is 140 cm³/mol. The average molecular weight is 527 g/mol. The highest BCUT2D eigenvalue weighted by Crippen LogP contribution is 2.31. The molecule has 6 nitrogen and oxygen atoms in total. The van der Waals surface area contributed by atoms with Crippen molar-refractivity contribution in [3.05, 3.63) is 66.5 Å². The number of fused-ring (bicyclic) bond motifs is 2. The zero-order valence-corrected chi connectivity index (χ0v) is 20.7. The van der Waals surface area contributed by atoms with Gasteiger partial charge in [0.2, 0.25) is 0 Å². The van der Waals surface area contributed by atoms with Crippen molar-refractivity contribution in [2.75, 3.05) is 28.7 Å². The number of aromatic nitrogens is 2. The molecule has 0 atom stereocenters. The first-order chi connectivity index (χ1) is 17.7. The summed E-state index contributed by atoms with van der Waals surface area (Å²) in [6.45, 7) is -0.928. The van der Waals surface area contributed by atoms with Gasteiger partial charge in [0.25, 0.3) is 0 Å². The third-order valence-corrected chi connectivity index (χ3v) is 8.10. The zero-order valence-electron chi connectivity index (χ0n) is 19.8. The molecule has 0 unspecified atom stereocenters. The third kappa shape index (κ3) is 6.00. The number of halogens is 3. The van der Waals surface area contributed by atoms with E-state index in [0.29, 0.717) is 29.4 Å². The van der Waals surface area contributed by atoms with Crippen LogP contribution in [0.25, 0.3) is 21.8 Å². The topological polar surface area (TPSA) is 76.0 Å². The number of sulfone groups is 1. The van der Waals surface area contributed by atoms with Gasteiger partial charge in [-0.1, -0.05) is 30.2 Å². The molecule has 4 aromatic rings. The lowest BCUT2D eigenvalue weighted by atomic mass is 10.1. The fraction of sp³-hybridized carbons (Fsp3) is 0.296. The molecule has 37 heavy (non-hydrogen) atoms. The van der Waals surface area contributed by atoms with Gasteiger partial charge in [-0.3, -0.25) is 4.98 Å². The largest absolute Gasteiger partial charge is 0.406 e. The lowest BCUT2D eigenvalue weighted by molar-refractivity contribution is -0.140. The first-order valence-corrected chi connectivity index (χ1v) is 13.7. The molecular weight excluding hydrogens is 501 g/mol. The van der Waals surface area contributed by atoms with E-state index in [1.807, 2.05) is 30.3 Å². The van der Waals surface area contributed by atoms with Crippen LogP contribution >= 0.6 is 0 Å².